The summed E-state index contributed by atoms with van der Waals surface area (Å²) in [6.07, 6.45) is 0.389. The number of carbonyl (C=O) groups is 1. The molecular weight excluding hydrogens is 94.1 g/mol. The number of nitrogens with zero attached hydrogens (tertiary/aromatic N) is 3. The van der Waals surface area contributed by atoms with Gasteiger partial charge in [0.25, 0.3) is 6.41 Å². The van der Waals surface area contributed by atoms with Gasteiger partial charge in [-0.2, -0.15) is 0 Å². The van der Waals surface area contributed by atoms with E-state index in [1.54, 1.807) is 14.1 Å². The second kappa shape index (κ2) is 3.27. The van der Waals surface area contributed by atoms with Gasteiger partial charge in [-0.05, 0) is 0 Å². The molecule has 0 aromatic carbocycles. The Bertz CT molecular complexity index is 78.2. The molecule has 0 aromatic heterocycles. The van der Waals surface area contributed by atoms with Crippen LogP contribution in [-0.2, 0) is 4.79 Å². The summed E-state index contributed by atoms with van der Waals surface area (Å²) in [4.78, 5) is 9.42. The first kappa shape index (κ1) is 6.07. The van der Waals surface area contributed by atoms with Crippen molar-refractivity contribution in [2.45, 2.75) is 0 Å². The van der Waals surface area contributed by atoms with E-state index in [4.69, 9.17) is 0 Å². The molecule has 1 amide bonds. The van der Waals surface area contributed by atoms with Gasteiger partial charge in [0.1, 0.15) is 0 Å². The topological polar surface area (TPSA) is 45.0 Å². The average molecular weight is 101 g/mol. The minimum Gasteiger partial charge on any atom is -0.284 e. The Morgan fingerprint density at radius 2 is 2.14 bits per heavy atom. The van der Waals surface area contributed by atoms with Crippen LogP contribution >= 0.6 is 0 Å². The van der Waals surface area contributed by atoms with E-state index in [0.29, 0.717) is 6.41 Å². The lowest BCUT2D eigenvalue weighted by Crippen LogP contribution is -1.99. The predicted octanol–water partition coefficient (Wildman–Crippen LogP) is 0.0716. The van der Waals surface area contributed by atoms with Crippen molar-refractivity contribution in [2.75, 3.05) is 14.1 Å². The van der Waals surface area contributed by atoms with Crippen molar-refractivity contribution < 1.29 is 4.79 Å². The zero-order chi connectivity index (χ0) is 5.70. The Hall–Kier alpha value is -0.930. The van der Waals surface area contributed by atoms with Gasteiger partial charge in [0.2, 0.25) is 0 Å². The molecule has 0 saturated heterocycles. The van der Waals surface area contributed by atoms with Gasteiger partial charge in [0.15, 0.2) is 0 Å². The summed E-state index contributed by atoms with van der Waals surface area (Å²) in [6, 6.07) is 0. The van der Waals surface area contributed by atoms with Crippen molar-refractivity contribution in [1.29, 1.82) is 0 Å². The summed E-state index contributed by atoms with van der Waals surface area (Å²) in [7, 11) is 3.38. The lowest BCUT2D eigenvalue weighted by Gasteiger charge is -1.95. The minimum absolute atomic E-state index is 0.389. The zero-order valence-electron chi connectivity index (χ0n) is 4.33. The first-order chi connectivity index (χ1) is 3.27. The molecule has 0 aliphatic rings. The number of carbonyl (C=O) groups excluding carboxylic acids is 1. The smallest absolute Gasteiger partial charge is 0.254 e. The fourth-order valence-electron chi connectivity index (χ4n) is 0.124. The van der Waals surface area contributed by atoms with Gasteiger partial charge in [-0.1, -0.05) is 10.3 Å². The maximum absolute atomic E-state index is 9.42. The summed E-state index contributed by atoms with van der Waals surface area (Å²) in [5, 5.41) is 7.81. The van der Waals surface area contributed by atoms with Crippen molar-refractivity contribution in [1.82, 2.24) is 5.01 Å². The van der Waals surface area contributed by atoms with E-state index in [0.717, 1.165) is 0 Å². The van der Waals surface area contributed by atoms with E-state index in [-0.39, 0.29) is 0 Å². The second-order valence-corrected chi connectivity index (χ2v) is 1.16. The lowest BCUT2D eigenvalue weighted by atomic mass is 11.2. The maximum atomic E-state index is 9.42. The third kappa shape index (κ3) is 5.07. The highest BCUT2D eigenvalue weighted by Crippen LogP contribution is 1.72. The SMILES string of the molecule is CN(C)/N=N/C=O. The van der Waals surface area contributed by atoms with Gasteiger partial charge in [-0.25, -0.2) is 0 Å². The van der Waals surface area contributed by atoms with E-state index in [9.17, 15) is 4.79 Å². The minimum atomic E-state index is 0.389. The fourth-order valence-corrected chi connectivity index (χ4v) is 0.124. The molecule has 7 heavy (non-hydrogen) atoms. The molecule has 0 spiro atoms. The Labute approximate surface area is 41.8 Å². The molecule has 0 bridgehead atoms. The van der Waals surface area contributed by atoms with Crippen molar-refractivity contribution >= 4 is 6.41 Å². The van der Waals surface area contributed by atoms with Crippen molar-refractivity contribution in [3.8, 4) is 0 Å². The normalized spacial score (nSPS) is 9.43. The van der Waals surface area contributed by atoms with Crippen LogP contribution in [0.4, 0.5) is 0 Å². The van der Waals surface area contributed by atoms with Crippen molar-refractivity contribution in [2.24, 2.45) is 10.3 Å². The zero-order valence-corrected chi connectivity index (χ0v) is 4.33. The molecule has 0 atom stereocenters. The monoisotopic (exact) mass is 101 g/mol. The highest BCUT2D eigenvalue weighted by atomic mass is 16.1. The van der Waals surface area contributed by atoms with Gasteiger partial charge in [0, 0.05) is 14.1 Å². The molecular formula is C3H7N3O. The van der Waals surface area contributed by atoms with E-state index in [1.165, 1.54) is 5.01 Å². The average Bonchev–Trinajstić information content (AvgIpc) is 1.61. The van der Waals surface area contributed by atoms with Crippen LogP contribution in [-0.4, -0.2) is 25.5 Å². The van der Waals surface area contributed by atoms with Gasteiger partial charge in [-0.15, -0.1) is 0 Å². The molecule has 0 fully saturated rings. The quantitative estimate of drug-likeness (QED) is 0.281. The molecule has 0 rings (SSSR count). The summed E-state index contributed by atoms with van der Waals surface area (Å²) >= 11 is 0. The van der Waals surface area contributed by atoms with Crippen LogP contribution in [0.3, 0.4) is 0 Å². The second-order valence-electron chi connectivity index (χ2n) is 1.16. The summed E-state index contributed by atoms with van der Waals surface area (Å²) in [6.45, 7) is 0. The van der Waals surface area contributed by atoms with Crippen LogP contribution in [0.25, 0.3) is 0 Å². The largest absolute Gasteiger partial charge is 0.284 e. The van der Waals surface area contributed by atoms with Crippen LogP contribution < -0.4 is 0 Å². The molecule has 40 valence electrons. The summed E-state index contributed by atoms with van der Waals surface area (Å²) in [5.41, 5.74) is 0. The molecule has 0 N–H and O–H groups in total. The Kier molecular flexibility index (Phi) is 2.83. The van der Waals surface area contributed by atoms with Crippen LogP contribution in [0.2, 0.25) is 0 Å². The Morgan fingerprint density at radius 1 is 1.57 bits per heavy atom. The molecule has 0 aromatic rings. The van der Waals surface area contributed by atoms with E-state index in [2.05, 4.69) is 10.3 Å². The molecule has 0 radical (unpaired) electrons. The summed E-state index contributed by atoms with van der Waals surface area (Å²) in [5.74, 6) is 0. The van der Waals surface area contributed by atoms with E-state index in [1.807, 2.05) is 0 Å². The van der Waals surface area contributed by atoms with Crippen LogP contribution in [0.15, 0.2) is 10.3 Å². The first-order valence-corrected chi connectivity index (χ1v) is 1.79. The van der Waals surface area contributed by atoms with Gasteiger partial charge in [-0.3, -0.25) is 9.80 Å². The molecule has 0 aliphatic heterocycles. The molecule has 0 aliphatic carbocycles. The predicted molar refractivity (Wildman–Crippen MR) is 24.6 cm³/mol. The number of hydrogen-bond acceptors (Lipinski definition) is 2. The van der Waals surface area contributed by atoms with E-state index < -0.39 is 0 Å². The Balaban J connectivity index is 3.25. The van der Waals surface area contributed by atoms with Gasteiger partial charge >= 0.3 is 0 Å². The number of amides is 1. The molecule has 0 heterocycles. The number of rotatable bonds is 2. The first-order valence-electron chi connectivity index (χ1n) is 1.79. The van der Waals surface area contributed by atoms with Gasteiger partial charge in [0.05, 0.1) is 0 Å². The summed E-state index contributed by atoms with van der Waals surface area (Å²) < 4.78 is 0. The highest BCUT2D eigenvalue weighted by Gasteiger charge is 1.71. The third-order valence-corrected chi connectivity index (χ3v) is 0.278. The highest BCUT2D eigenvalue weighted by molar-refractivity contribution is 5.45. The van der Waals surface area contributed by atoms with Crippen LogP contribution in [0.1, 0.15) is 0 Å². The standard InChI is InChI=1S/C3H7N3O/c1-6(2)5-4-3-7/h3H,1-2H3/b5-4+. The molecule has 4 heteroatoms. The lowest BCUT2D eigenvalue weighted by molar-refractivity contribution is -0.107. The molecule has 0 saturated carbocycles. The fraction of sp³-hybridized carbons (Fsp3) is 0.667. The van der Waals surface area contributed by atoms with Crippen LogP contribution in [0.5, 0.6) is 0 Å². The Morgan fingerprint density at radius 3 is 2.29 bits per heavy atom. The third-order valence-electron chi connectivity index (χ3n) is 0.278. The maximum Gasteiger partial charge on any atom is 0.254 e. The van der Waals surface area contributed by atoms with Gasteiger partial charge < -0.3 is 0 Å². The van der Waals surface area contributed by atoms with Crippen molar-refractivity contribution in [3.05, 3.63) is 0 Å². The van der Waals surface area contributed by atoms with Crippen LogP contribution in [0, 0.1) is 0 Å². The number of hydrogen-bond donors (Lipinski definition) is 0. The molecule has 4 nitrogen and oxygen atoms in total. The van der Waals surface area contributed by atoms with E-state index >= 15 is 0 Å². The molecule has 0 unspecified atom stereocenters. The van der Waals surface area contributed by atoms with Crippen molar-refractivity contribution in [3.63, 3.8) is 0 Å².